The van der Waals surface area contributed by atoms with Crippen molar-refractivity contribution in [1.82, 2.24) is 4.40 Å². The van der Waals surface area contributed by atoms with E-state index in [1.165, 1.54) is 32.9 Å². The zero-order chi connectivity index (χ0) is 19.0. The Bertz CT molecular complexity index is 933. The molecule has 0 aliphatic carbocycles. The Hall–Kier alpha value is -2.35. The Morgan fingerprint density at radius 3 is 2.04 bits per heavy atom. The van der Waals surface area contributed by atoms with Crippen LogP contribution in [-0.4, -0.2) is 4.40 Å². The summed E-state index contributed by atoms with van der Waals surface area (Å²) in [5.74, 6) is 0. The Morgan fingerprint density at radius 2 is 1.36 bits per heavy atom. The minimum absolute atomic E-state index is 1.26. The van der Waals surface area contributed by atoms with Crippen molar-refractivity contribution in [3.63, 3.8) is 0 Å². The second-order valence-corrected chi connectivity index (χ2v) is 5.12. The van der Waals surface area contributed by atoms with Gasteiger partial charge < -0.3 is 0 Å². The highest BCUT2D eigenvalue weighted by Gasteiger charge is 2.17. The molecule has 0 radical (unpaired) electrons. The van der Waals surface area contributed by atoms with Crippen LogP contribution >= 0.6 is 0 Å². The van der Waals surface area contributed by atoms with Gasteiger partial charge in [0.1, 0.15) is 17.9 Å². The lowest BCUT2D eigenvalue weighted by Gasteiger charge is -2.06. The molecule has 0 unspecified atom stereocenters. The predicted molar refractivity (Wildman–Crippen MR) is 112 cm³/mol. The molecule has 25 heavy (non-hydrogen) atoms. The van der Waals surface area contributed by atoms with Crippen LogP contribution in [0.5, 0.6) is 0 Å². The van der Waals surface area contributed by atoms with E-state index in [4.69, 9.17) is 0 Å². The van der Waals surface area contributed by atoms with E-state index in [1.807, 2.05) is 41.5 Å². The van der Waals surface area contributed by atoms with Crippen molar-refractivity contribution in [2.75, 3.05) is 0 Å². The number of aryl methyl sites for hydroxylation is 2. The lowest BCUT2D eigenvalue weighted by Crippen LogP contribution is -2.26. The quantitative estimate of drug-likeness (QED) is 0.257. The molecule has 2 heteroatoms. The van der Waals surface area contributed by atoms with Crippen molar-refractivity contribution < 1.29 is 4.57 Å². The van der Waals surface area contributed by atoms with Gasteiger partial charge in [-0.05, 0) is 18.6 Å². The second-order valence-electron chi connectivity index (χ2n) is 5.12. The number of fused-ring (bicyclic) bond motifs is 6. The van der Waals surface area contributed by atoms with Crippen LogP contribution in [0, 0.1) is 6.92 Å². The summed E-state index contributed by atoms with van der Waals surface area (Å²) in [7, 11) is 2.11. The first-order chi connectivity index (χ1) is 12.3. The van der Waals surface area contributed by atoms with E-state index in [2.05, 4.69) is 77.8 Å². The molecular formula is C23H33N2+. The first-order valence-electron chi connectivity index (χ1n) is 9.54. The zero-order valence-electron chi connectivity index (χ0n) is 17.1. The highest BCUT2D eigenvalue weighted by Crippen LogP contribution is 2.29. The molecule has 0 aliphatic rings. The SMILES string of the molecule is CC.CC.CC.Cc1cccc2c3ccccc3n3cc[n+](C)c3c12. The Morgan fingerprint density at radius 1 is 0.760 bits per heavy atom. The van der Waals surface area contributed by atoms with Crippen LogP contribution in [0.1, 0.15) is 47.1 Å². The maximum atomic E-state index is 2.28. The molecule has 0 spiro atoms. The summed E-state index contributed by atoms with van der Waals surface area (Å²) in [6, 6.07) is 15.1. The van der Waals surface area contributed by atoms with Crippen molar-refractivity contribution in [1.29, 1.82) is 0 Å². The van der Waals surface area contributed by atoms with Gasteiger partial charge in [-0.3, -0.25) is 0 Å². The van der Waals surface area contributed by atoms with Gasteiger partial charge in [0.15, 0.2) is 0 Å². The number of imidazole rings is 1. The largest absolute Gasteiger partial charge is 0.294 e. The van der Waals surface area contributed by atoms with Gasteiger partial charge in [0.05, 0.1) is 12.4 Å². The summed E-state index contributed by atoms with van der Waals surface area (Å²) in [5, 5.41) is 3.98. The molecule has 0 amide bonds. The van der Waals surface area contributed by atoms with E-state index >= 15 is 0 Å². The summed E-state index contributed by atoms with van der Waals surface area (Å²) >= 11 is 0. The average Bonchev–Trinajstić information content (AvgIpc) is 3.09. The fourth-order valence-corrected chi connectivity index (χ4v) is 3.07. The number of aromatic nitrogens is 2. The van der Waals surface area contributed by atoms with E-state index in [0.29, 0.717) is 0 Å². The van der Waals surface area contributed by atoms with E-state index in [1.54, 1.807) is 0 Å². The smallest absolute Gasteiger partial charge is 0.232 e. The fraction of sp³-hybridized carbons (Fsp3) is 0.348. The number of nitrogens with zero attached hydrogens (tertiary/aromatic N) is 2. The minimum atomic E-state index is 1.26. The summed E-state index contributed by atoms with van der Waals surface area (Å²) in [6.07, 6.45) is 4.26. The number of pyridine rings is 1. The number of hydrogen-bond donors (Lipinski definition) is 0. The Balaban J connectivity index is 0.000000475. The fourth-order valence-electron chi connectivity index (χ4n) is 3.07. The standard InChI is InChI=1S/C17H15N2.3C2H6/c1-12-6-5-8-14-13-7-3-4-9-15(13)19-11-10-18(2)17(19)16(12)14;3*1-2/h3-11H,1-2H3;3*1-2H3/q+1;;;. The number of rotatable bonds is 0. The van der Waals surface area contributed by atoms with Crippen LogP contribution in [0.4, 0.5) is 0 Å². The Kier molecular flexibility index (Phi) is 8.13. The normalized spacial score (nSPS) is 9.60. The number of benzene rings is 2. The third-order valence-electron chi connectivity index (χ3n) is 3.95. The van der Waals surface area contributed by atoms with Crippen LogP contribution in [-0.2, 0) is 7.05 Å². The highest BCUT2D eigenvalue weighted by atomic mass is 15.1. The summed E-state index contributed by atoms with van der Waals surface area (Å²) in [4.78, 5) is 0. The third kappa shape index (κ3) is 3.68. The first kappa shape index (κ1) is 20.7. The molecule has 2 nitrogen and oxygen atoms in total. The van der Waals surface area contributed by atoms with Gasteiger partial charge in [-0.1, -0.05) is 77.9 Å². The molecule has 0 saturated heterocycles. The summed E-state index contributed by atoms with van der Waals surface area (Å²) in [5.41, 5.74) is 3.84. The maximum absolute atomic E-state index is 2.28. The predicted octanol–water partition coefficient (Wildman–Crippen LogP) is 6.46. The zero-order valence-corrected chi connectivity index (χ0v) is 17.1. The van der Waals surface area contributed by atoms with Gasteiger partial charge in [-0.15, -0.1) is 0 Å². The van der Waals surface area contributed by atoms with Gasteiger partial charge in [-0.25, -0.2) is 4.57 Å². The van der Waals surface area contributed by atoms with Crippen molar-refractivity contribution in [3.8, 4) is 0 Å². The third-order valence-corrected chi connectivity index (χ3v) is 3.95. The van der Waals surface area contributed by atoms with Crippen LogP contribution < -0.4 is 4.57 Å². The van der Waals surface area contributed by atoms with Crippen molar-refractivity contribution in [2.24, 2.45) is 7.05 Å². The first-order valence-corrected chi connectivity index (χ1v) is 9.54. The van der Waals surface area contributed by atoms with Gasteiger partial charge in [0.2, 0.25) is 0 Å². The van der Waals surface area contributed by atoms with Crippen LogP contribution in [0.3, 0.4) is 0 Å². The molecule has 0 saturated carbocycles. The summed E-state index contributed by atoms with van der Waals surface area (Å²) in [6.45, 7) is 14.2. The van der Waals surface area contributed by atoms with Crippen molar-refractivity contribution in [2.45, 2.75) is 48.5 Å². The van der Waals surface area contributed by atoms with E-state index in [0.717, 1.165) is 0 Å². The number of hydrogen-bond acceptors (Lipinski definition) is 0. The monoisotopic (exact) mass is 337 g/mol. The van der Waals surface area contributed by atoms with Crippen LogP contribution in [0.2, 0.25) is 0 Å². The van der Waals surface area contributed by atoms with Gasteiger partial charge in [0, 0.05) is 10.8 Å². The van der Waals surface area contributed by atoms with Gasteiger partial charge >= 0.3 is 0 Å². The molecule has 134 valence electrons. The van der Waals surface area contributed by atoms with E-state index in [9.17, 15) is 0 Å². The van der Waals surface area contributed by atoms with E-state index < -0.39 is 0 Å². The average molecular weight is 338 g/mol. The molecule has 4 rings (SSSR count). The van der Waals surface area contributed by atoms with Crippen molar-refractivity contribution >= 4 is 27.3 Å². The van der Waals surface area contributed by atoms with Gasteiger partial charge in [-0.2, -0.15) is 4.40 Å². The molecular weight excluding hydrogens is 304 g/mol. The molecule has 0 bridgehead atoms. The molecule has 2 aromatic carbocycles. The molecule has 4 aromatic rings. The molecule has 2 heterocycles. The number of para-hydroxylation sites is 1. The van der Waals surface area contributed by atoms with Gasteiger partial charge in [0.25, 0.3) is 5.65 Å². The molecule has 2 aromatic heterocycles. The summed E-state index contributed by atoms with van der Waals surface area (Å²) < 4.78 is 4.48. The van der Waals surface area contributed by atoms with Crippen LogP contribution in [0.15, 0.2) is 54.9 Å². The molecule has 0 aliphatic heterocycles. The lowest BCUT2D eigenvalue weighted by molar-refractivity contribution is -0.643. The molecule has 0 N–H and O–H groups in total. The molecule has 0 atom stereocenters. The highest BCUT2D eigenvalue weighted by molar-refractivity contribution is 6.12. The Labute approximate surface area is 152 Å². The second kappa shape index (κ2) is 9.83. The topological polar surface area (TPSA) is 8.29 Å². The minimum Gasteiger partial charge on any atom is -0.232 e. The van der Waals surface area contributed by atoms with Crippen molar-refractivity contribution in [3.05, 3.63) is 60.4 Å². The van der Waals surface area contributed by atoms with E-state index in [-0.39, 0.29) is 0 Å². The maximum Gasteiger partial charge on any atom is 0.294 e. The molecule has 0 fully saturated rings. The van der Waals surface area contributed by atoms with Crippen LogP contribution in [0.25, 0.3) is 27.3 Å². The lowest BCUT2D eigenvalue weighted by atomic mass is 10.0.